The van der Waals surface area contributed by atoms with E-state index in [0.29, 0.717) is 12.6 Å². The summed E-state index contributed by atoms with van der Waals surface area (Å²) in [5.74, 6) is 0.414. The van der Waals surface area contributed by atoms with E-state index in [-0.39, 0.29) is 0 Å². The summed E-state index contributed by atoms with van der Waals surface area (Å²) >= 11 is 0. The number of para-hydroxylation sites is 1. The van der Waals surface area contributed by atoms with Crippen molar-refractivity contribution >= 4 is 115 Å². The topological polar surface area (TPSA) is 17.0 Å². The van der Waals surface area contributed by atoms with Crippen molar-refractivity contribution in [2.24, 2.45) is 0 Å². The molecule has 39 heavy (non-hydrogen) atoms. The molecule has 0 aliphatic carbocycles. The number of nitrogens with one attached hydrogen (secondary N) is 1. The van der Waals surface area contributed by atoms with E-state index in [0.717, 1.165) is 31.1 Å². The van der Waals surface area contributed by atoms with E-state index in [1.807, 2.05) is 0 Å². The monoisotopic (exact) mass is 519 g/mol. The molecule has 1 N–H and O–H groups in total. The summed E-state index contributed by atoms with van der Waals surface area (Å²) in [6.07, 6.45) is 1.09. The molecule has 1 spiro atoms. The van der Waals surface area contributed by atoms with Crippen molar-refractivity contribution in [3.8, 4) is 5.69 Å². The minimum atomic E-state index is -2.01. The van der Waals surface area contributed by atoms with Crippen molar-refractivity contribution in [1.82, 2.24) is 9.42 Å². The summed E-state index contributed by atoms with van der Waals surface area (Å²) in [4.78, 5) is 4.71. The molecule has 0 saturated carbocycles. The number of aromatic nitrogens is 1. The van der Waals surface area contributed by atoms with Crippen LogP contribution in [0.3, 0.4) is 0 Å². The molecule has 13 heteroatoms. The van der Waals surface area contributed by atoms with Crippen LogP contribution in [0.4, 0.5) is 0 Å². The fraction of sp³-hybridized carbons (Fsp3) is 0.0769. The molecule has 9 aliphatic heterocycles. The van der Waals surface area contributed by atoms with Crippen LogP contribution in [0, 0.1) is 0 Å². The first-order valence-electron chi connectivity index (χ1n) is 14.8. The molecule has 0 amide bonds. The normalized spacial score (nSPS) is 28.8. The number of rotatable bonds is 3. The Hall–Kier alpha value is -1.92. The van der Waals surface area contributed by atoms with E-state index in [1.54, 1.807) is 16.2 Å². The SMILES string of the molecule is CC1c2ccccc2B2c3c1cccc3-n1c3ccccc3c3cc(P45(NP678[B]B6B7[B-]8)B6[B-]B4B65)cc2c31. The Morgan fingerprint density at radius 2 is 1.67 bits per heavy atom. The number of benzene rings is 4. The molecule has 1 aromatic heterocycles. The van der Waals surface area contributed by atoms with Crippen LogP contribution in [-0.4, -0.2) is 63.2 Å². The van der Waals surface area contributed by atoms with Gasteiger partial charge in [0, 0.05) is 0 Å². The number of hydrogen-bond acceptors (Lipinski definition) is 1. The van der Waals surface area contributed by atoms with Crippen LogP contribution in [-0.2, 0) is 0 Å². The molecule has 1 atom stereocenters. The van der Waals surface area contributed by atoms with Crippen molar-refractivity contribution < 1.29 is 0 Å². The Morgan fingerprint density at radius 3 is 2.44 bits per heavy atom. The molecule has 1 unspecified atom stereocenters. The maximum atomic E-state index is 4.71. The first kappa shape index (κ1) is 20.0. The second-order valence-electron chi connectivity index (χ2n) is 14.1. The van der Waals surface area contributed by atoms with E-state index < -0.39 is 12.7 Å². The van der Waals surface area contributed by atoms with Crippen molar-refractivity contribution in [3.63, 3.8) is 0 Å². The van der Waals surface area contributed by atoms with Crippen LogP contribution >= 0.6 is 12.7 Å². The summed E-state index contributed by atoms with van der Waals surface area (Å²) in [6.45, 7) is 8.26. The van der Waals surface area contributed by atoms with Crippen molar-refractivity contribution in [2.45, 2.75) is 12.8 Å². The molecular weight excluding hydrogens is 500 g/mol. The van der Waals surface area contributed by atoms with Crippen LogP contribution in [0.1, 0.15) is 24.0 Å². The van der Waals surface area contributed by atoms with Crippen LogP contribution in [0.25, 0.3) is 27.5 Å². The Morgan fingerprint density at radius 1 is 0.872 bits per heavy atom. The van der Waals surface area contributed by atoms with Gasteiger partial charge < -0.3 is 0 Å². The molecule has 14 rings (SSSR count). The van der Waals surface area contributed by atoms with Gasteiger partial charge >= 0.3 is 233 Å². The van der Waals surface area contributed by atoms with Gasteiger partial charge in [0.25, 0.3) is 0 Å². The third-order valence-corrected chi connectivity index (χ3v) is 27.6. The molecule has 7 saturated heterocycles. The Balaban J connectivity index is 1.19. The van der Waals surface area contributed by atoms with Gasteiger partial charge in [-0.3, -0.25) is 0 Å². The van der Waals surface area contributed by atoms with Crippen molar-refractivity contribution in [1.29, 1.82) is 0 Å². The standard InChI is InChI=1S/C26H18B9N2P2/c1-15-17-7-2-4-10-21(17)30-22-14-16(38(31-27-32(38)35(31)38)36-39-28-33(39)34(39)29-39)13-20-19-8-3-5-11-23(19)37(26(20)22)24-12-6-9-18(15)25(24)30/h2-15,36H,1H3/q-2. The molecule has 7 fully saturated rings. The predicted molar refractivity (Wildman–Crippen MR) is 182 cm³/mol. The molecule has 171 valence electrons. The molecule has 2 bridgehead atoms. The summed E-state index contributed by atoms with van der Waals surface area (Å²) in [5, 5.41) is 4.65. The number of hydrogen-bond donors (Lipinski definition) is 1. The predicted octanol–water partition coefficient (Wildman–Crippen LogP) is 1.43. The molecular formula is C26H18B9N2P2-2. The van der Waals surface area contributed by atoms with E-state index >= 15 is 0 Å². The zero-order valence-corrected chi connectivity index (χ0v) is 23.4. The molecule has 9 aliphatic rings. The van der Waals surface area contributed by atoms with Gasteiger partial charge in [-0.25, -0.2) is 0 Å². The zero-order valence-electron chi connectivity index (χ0n) is 21.6. The molecule has 5 radical (unpaired) electrons. The third kappa shape index (κ3) is 1.64. The number of nitrogens with zero attached hydrogens (tertiary/aromatic N) is 1. The van der Waals surface area contributed by atoms with Crippen molar-refractivity contribution in [2.75, 3.05) is 0 Å². The molecule has 4 aromatic carbocycles. The van der Waals surface area contributed by atoms with Gasteiger partial charge in [0.1, 0.15) is 0 Å². The second-order valence-corrected chi connectivity index (χ2v) is 24.5. The summed E-state index contributed by atoms with van der Waals surface area (Å²) in [5.41, 5.74) is 11.9. The quantitative estimate of drug-likeness (QED) is 0.278. The van der Waals surface area contributed by atoms with Crippen LogP contribution in [0.15, 0.2) is 78.9 Å². The van der Waals surface area contributed by atoms with Crippen LogP contribution in [0.2, 0.25) is 0 Å². The van der Waals surface area contributed by atoms with E-state index in [9.17, 15) is 0 Å². The summed E-state index contributed by atoms with van der Waals surface area (Å²) < 4.78 is 2.63. The fourth-order valence-electron chi connectivity index (χ4n) is 10.9. The Kier molecular flexibility index (Phi) is 2.69. The third-order valence-electron chi connectivity index (χ3n) is 13.2. The van der Waals surface area contributed by atoms with Crippen molar-refractivity contribution in [3.05, 3.63) is 90.0 Å². The van der Waals surface area contributed by atoms with Gasteiger partial charge in [-0.1, -0.05) is 0 Å². The molecule has 5 aromatic rings. The summed E-state index contributed by atoms with van der Waals surface area (Å²) in [6, 6.07) is 31.1. The van der Waals surface area contributed by atoms with Crippen LogP contribution < -0.4 is 26.6 Å². The van der Waals surface area contributed by atoms with Gasteiger partial charge in [-0.15, -0.1) is 0 Å². The fourth-order valence-corrected chi connectivity index (χ4v) is 30.1. The van der Waals surface area contributed by atoms with E-state index in [4.69, 9.17) is 4.86 Å². The Labute approximate surface area is 231 Å². The molecule has 10 heterocycles. The minimum absolute atomic E-state index is 0.314. The van der Waals surface area contributed by atoms with Gasteiger partial charge in [0.05, 0.1) is 0 Å². The zero-order chi connectivity index (χ0) is 24.9. The van der Waals surface area contributed by atoms with E-state index in [2.05, 4.69) is 111 Å². The van der Waals surface area contributed by atoms with Gasteiger partial charge in [-0.05, 0) is 0 Å². The Bertz CT molecular complexity index is 2150. The summed E-state index contributed by atoms with van der Waals surface area (Å²) in [7, 11) is 2.72. The number of fused-ring (bicyclic) bond motifs is 8. The van der Waals surface area contributed by atoms with Gasteiger partial charge in [0.15, 0.2) is 0 Å². The van der Waals surface area contributed by atoms with E-state index in [1.165, 1.54) is 44.1 Å². The first-order valence-corrected chi connectivity index (χ1v) is 19.8. The molecule has 2 nitrogen and oxygen atoms in total. The van der Waals surface area contributed by atoms with Gasteiger partial charge in [-0.2, -0.15) is 0 Å². The van der Waals surface area contributed by atoms with Gasteiger partial charge in [0.2, 0.25) is 0 Å². The maximum absolute atomic E-state index is 4.71. The van der Waals surface area contributed by atoms with Crippen LogP contribution in [0.5, 0.6) is 0 Å². The average molecular weight is 518 g/mol. The first-order chi connectivity index (χ1) is 19.1. The second kappa shape index (κ2) is 5.24. The average Bonchev–Trinajstić information content (AvgIpc) is 3.91.